The van der Waals surface area contributed by atoms with Gasteiger partial charge in [-0.05, 0) is 37.1 Å². The molecule has 1 saturated heterocycles. The van der Waals surface area contributed by atoms with Crippen molar-refractivity contribution in [3.63, 3.8) is 0 Å². The monoisotopic (exact) mass is 218 g/mol. The summed E-state index contributed by atoms with van der Waals surface area (Å²) < 4.78 is 4.99. The number of aromatic hydroxyl groups is 1. The predicted molar refractivity (Wildman–Crippen MR) is 59.4 cm³/mol. The van der Waals surface area contributed by atoms with Gasteiger partial charge in [-0.3, -0.25) is 0 Å². The molecule has 1 atom stereocenters. The fraction of sp³-hybridized carbons (Fsp3) is 0.417. The highest BCUT2D eigenvalue weighted by Crippen LogP contribution is 2.35. The summed E-state index contributed by atoms with van der Waals surface area (Å²) >= 11 is 0. The van der Waals surface area contributed by atoms with Gasteiger partial charge in [0.15, 0.2) is 11.5 Å². The van der Waals surface area contributed by atoms with Crippen LogP contribution in [0, 0.1) is 11.3 Å². The Balaban J connectivity index is 2.41. The van der Waals surface area contributed by atoms with E-state index in [1.807, 2.05) is 6.07 Å². The van der Waals surface area contributed by atoms with Crippen LogP contribution in [0.3, 0.4) is 0 Å². The van der Waals surface area contributed by atoms with Crippen molar-refractivity contribution in [2.75, 3.05) is 13.7 Å². The molecule has 0 amide bonds. The maximum Gasteiger partial charge on any atom is 0.178 e. The summed E-state index contributed by atoms with van der Waals surface area (Å²) in [6.07, 6.45) is 2.16. The van der Waals surface area contributed by atoms with Crippen molar-refractivity contribution in [2.45, 2.75) is 18.9 Å². The molecule has 1 unspecified atom stereocenters. The van der Waals surface area contributed by atoms with Crippen molar-refractivity contribution >= 4 is 0 Å². The largest absolute Gasteiger partial charge is 0.504 e. The zero-order valence-electron chi connectivity index (χ0n) is 9.16. The molecule has 0 radical (unpaired) electrons. The van der Waals surface area contributed by atoms with Gasteiger partial charge in [-0.15, -0.1) is 0 Å². The van der Waals surface area contributed by atoms with Crippen LogP contribution in [0.15, 0.2) is 12.1 Å². The molecule has 0 bridgehead atoms. The van der Waals surface area contributed by atoms with Crippen molar-refractivity contribution in [3.8, 4) is 17.6 Å². The number of benzene rings is 1. The van der Waals surface area contributed by atoms with Gasteiger partial charge in [0, 0.05) is 6.04 Å². The van der Waals surface area contributed by atoms with Gasteiger partial charge < -0.3 is 15.2 Å². The first kappa shape index (κ1) is 10.8. The Hall–Kier alpha value is -1.73. The van der Waals surface area contributed by atoms with E-state index in [1.165, 1.54) is 7.11 Å². The number of phenolic OH excluding ortho intramolecular Hbond substituents is 1. The van der Waals surface area contributed by atoms with Crippen LogP contribution in [0.2, 0.25) is 0 Å². The summed E-state index contributed by atoms with van der Waals surface area (Å²) in [5, 5.41) is 22.1. The number of rotatable bonds is 2. The first-order valence-electron chi connectivity index (χ1n) is 5.30. The molecule has 1 aromatic carbocycles. The number of nitrogens with zero attached hydrogens (tertiary/aromatic N) is 1. The lowest BCUT2D eigenvalue weighted by Gasteiger charge is -2.13. The third-order valence-electron chi connectivity index (χ3n) is 2.88. The van der Waals surface area contributed by atoms with E-state index in [4.69, 9.17) is 10.00 Å². The molecule has 1 fully saturated rings. The quantitative estimate of drug-likeness (QED) is 0.793. The lowest BCUT2D eigenvalue weighted by Crippen LogP contribution is -2.13. The van der Waals surface area contributed by atoms with E-state index in [-0.39, 0.29) is 17.5 Å². The first-order valence-corrected chi connectivity index (χ1v) is 5.30. The van der Waals surface area contributed by atoms with Crippen LogP contribution in [-0.2, 0) is 0 Å². The molecule has 1 aliphatic heterocycles. The number of nitriles is 1. The Kier molecular flexibility index (Phi) is 2.97. The lowest BCUT2D eigenvalue weighted by atomic mass is 10.0. The Morgan fingerprint density at radius 1 is 1.56 bits per heavy atom. The molecule has 16 heavy (non-hydrogen) atoms. The van der Waals surface area contributed by atoms with Gasteiger partial charge >= 0.3 is 0 Å². The van der Waals surface area contributed by atoms with E-state index in [9.17, 15) is 5.11 Å². The number of ether oxygens (including phenoxy) is 1. The average Bonchev–Trinajstić information content (AvgIpc) is 2.81. The highest BCUT2D eigenvalue weighted by molar-refractivity contribution is 5.54. The fourth-order valence-electron chi connectivity index (χ4n) is 2.10. The van der Waals surface area contributed by atoms with E-state index >= 15 is 0 Å². The second-order valence-corrected chi connectivity index (χ2v) is 3.88. The highest BCUT2D eigenvalue weighted by atomic mass is 16.5. The average molecular weight is 218 g/mol. The van der Waals surface area contributed by atoms with Crippen LogP contribution in [0.1, 0.15) is 30.0 Å². The number of hydrogen-bond donors (Lipinski definition) is 2. The minimum absolute atomic E-state index is 0.0326. The van der Waals surface area contributed by atoms with Crippen LogP contribution in [0.5, 0.6) is 11.5 Å². The summed E-state index contributed by atoms with van der Waals surface area (Å²) in [6, 6.07) is 5.73. The van der Waals surface area contributed by atoms with Crippen LogP contribution >= 0.6 is 0 Å². The topological polar surface area (TPSA) is 65.3 Å². The van der Waals surface area contributed by atoms with Crippen LogP contribution < -0.4 is 10.1 Å². The van der Waals surface area contributed by atoms with Crippen molar-refractivity contribution in [3.05, 3.63) is 23.3 Å². The molecule has 4 heteroatoms. The van der Waals surface area contributed by atoms with Crippen molar-refractivity contribution in [1.29, 1.82) is 5.26 Å². The number of phenols is 1. The number of nitrogens with one attached hydrogen (secondary N) is 1. The summed E-state index contributed by atoms with van der Waals surface area (Å²) in [4.78, 5) is 0. The van der Waals surface area contributed by atoms with Crippen LogP contribution in [-0.4, -0.2) is 18.8 Å². The molecule has 1 aliphatic rings. The summed E-state index contributed by atoms with van der Waals surface area (Å²) in [5.74, 6) is 0.287. The molecule has 0 saturated carbocycles. The molecule has 4 nitrogen and oxygen atoms in total. The van der Waals surface area contributed by atoms with E-state index in [0.29, 0.717) is 5.56 Å². The molecule has 1 heterocycles. The highest BCUT2D eigenvalue weighted by Gasteiger charge is 2.19. The van der Waals surface area contributed by atoms with Gasteiger partial charge in [-0.25, -0.2) is 0 Å². The fourth-order valence-corrected chi connectivity index (χ4v) is 2.10. The van der Waals surface area contributed by atoms with Gasteiger partial charge in [0.25, 0.3) is 0 Å². The van der Waals surface area contributed by atoms with Crippen LogP contribution in [0.25, 0.3) is 0 Å². The van der Waals surface area contributed by atoms with E-state index < -0.39 is 0 Å². The molecular formula is C12H14N2O2. The summed E-state index contributed by atoms with van der Waals surface area (Å²) in [7, 11) is 1.45. The van der Waals surface area contributed by atoms with Crippen molar-refractivity contribution < 1.29 is 9.84 Å². The minimum atomic E-state index is 0.0326. The number of methoxy groups -OCH3 is 1. The third-order valence-corrected chi connectivity index (χ3v) is 2.88. The summed E-state index contributed by atoms with van der Waals surface area (Å²) in [5.41, 5.74) is 1.33. The van der Waals surface area contributed by atoms with Crippen molar-refractivity contribution in [1.82, 2.24) is 5.32 Å². The normalized spacial score (nSPS) is 19.4. The van der Waals surface area contributed by atoms with E-state index in [2.05, 4.69) is 5.32 Å². The molecule has 84 valence electrons. The van der Waals surface area contributed by atoms with Gasteiger partial charge in [0.2, 0.25) is 0 Å². The van der Waals surface area contributed by atoms with E-state index in [0.717, 1.165) is 24.9 Å². The molecule has 2 rings (SSSR count). The Labute approximate surface area is 94.5 Å². The van der Waals surface area contributed by atoms with Gasteiger partial charge in [-0.2, -0.15) is 5.26 Å². The van der Waals surface area contributed by atoms with Gasteiger partial charge in [-0.1, -0.05) is 0 Å². The van der Waals surface area contributed by atoms with E-state index in [1.54, 1.807) is 12.1 Å². The lowest BCUT2D eigenvalue weighted by molar-refractivity contribution is 0.371. The molecule has 0 aliphatic carbocycles. The summed E-state index contributed by atoms with van der Waals surface area (Å²) in [6.45, 7) is 0.985. The Bertz CT molecular complexity index is 431. The zero-order chi connectivity index (χ0) is 11.5. The minimum Gasteiger partial charge on any atom is -0.504 e. The smallest absolute Gasteiger partial charge is 0.178 e. The van der Waals surface area contributed by atoms with Gasteiger partial charge in [0.1, 0.15) is 6.07 Å². The Morgan fingerprint density at radius 2 is 2.38 bits per heavy atom. The second kappa shape index (κ2) is 4.42. The third kappa shape index (κ3) is 1.82. The molecule has 2 N–H and O–H groups in total. The van der Waals surface area contributed by atoms with Crippen molar-refractivity contribution in [2.24, 2.45) is 0 Å². The maximum absolute atomic E-state index is 9.76. The molecule has 1 aromatic rings. The predicted octanol–water partition coefficient (Wildman–Crippen LogP) is 1.70. The standard InChI is InChI=1S/C12H14N2O2/c1-16-12-9(7-13)5-8(6-11(12)15)10-3-2-4-14-10/h5-6,10,14-15H,2-4H2,1H3. The number of hydrogen-bond acceptors (Lipinski definition) is 4. The van der Waals surface area contributed by atoms with Crippen LogP contribution in [0.4, 0.5) is 0 Å². The molecular weight excluding hydrogens is 204 g/mol. The Morgan fingerprint density at radius 3 is 2.94 bits per heavy atom. The second-order valence-electron chi connectivity index (χ2n) is 3.88. The zero-order valence-corrected chi connectivity index (χ0v) is 9.16. The van der Waals surface area contributed by atoms with Gasteiger partial charge in [0.05, 0.1) is 12.7 Å². The maximum atomic E-state index is 9.76. The molecule has 0 spiro atoms. The molecule has 0 aromatic heterocycles. The SMILES string of the molecule is COc1c(O)cc(C2CCCN2)cc1C#N. The first-order chi connectivity index (χ1) is 7.76.